The number of aromatic nitrogens is 2. The summed E-state index contributed by atoms with van der Waals surface area (Å²) in [6.07, 6.45) is 1.94. The van der Waals surface area contributed by atoms with Gasteiger partial charge in [0.2, 0.25) is 5.95 Å². The Morgan fingerprint density at radius 3 is 2.74 bits per heavy atom. The molecule has 0 radical (unpaired) electrons. The maximum Gasteiger partial charge on any atom is 0.410 e. The fourth-order valence-corrected chi connectivity index (χ4v) is 4.98. The molecule has 3 aromatic rings. The van der Waals surface area contributed by atoms with E-state index >= 15 is 0 Å². The number of hydrogen-bond donors (Lipinski definition) is 1. The van der Waals surface area contributed by atoms with Crippen molar-refractivity contribution in [3.05, 3.63) is 58.1 Å². The number of piperidine rings is 1. The molecule has 4 rings (SSSR count). The van der Waals surface area contributed by atoms with Gasteiger partial charge in [0, 0.05) is 31.8 Å². The number of carbonyl (C=O) groups excluding carboxylic acids is 1. The number of carbonyl (C=O) groups is 1. The second kappa shape index (κ2) is 12.0. The summed E-state index contributed by atoms with van der Waals surface area (Å²) in [6, 6.07) is 13.9. The molecule has 1 aliphatic heterocycles. The number of nitrogens with zero attached hydrogens (tertiary/aromatic N) is 3. The maximum atomic E-state index is 12.7. The van der Waals surface area contributed by atoms with Crippen LogP contribution in [0.5, 0.6) is 0 Å². The first-order chi connectivity index (χ1) is 17.0. The third-order valence-electron chi connectivity index (χ3n) is 6.32. The Bertz CT molecular complexity index is 1150. The Morgan fingerprint density at radius 2 is 1.97 bits per heavy atom. The first kappa shape index (κ1) is 25.6. The summed E-state index contributed by atoms with van der Waals surface area (Å²) >= 11 is 12.4. The van der Waals surface area contributed by atoms with Crippen molar-refractivity contribution in [3.8, 4) is 0 Å². The van der Waals surface area contributed by atoms with Gasteiger partial charge in [0.25, 0.3) is 0 Å². The van der Waals surface area contributed by atoms with Crippen LogP contribution in [0.1, 0.15) is 32.3 Å². The first-order valence-electron chi connectivity index (χ1n) is 12.2. The summed E-state index contributed by atoms with van der Waals surface area (Å²) in [5.41, 5.74) is 3.05. The molecule has 2 aromatic carbocycles. The second-order valence-corrected chi connectivity index (χ2v) is 9.45. The van der Waals surface area contributed by atoms with Gasteiger partial charge >= 0.3 is 6.09 Å². The van der Waals surface area contributed by atoms with Crippen molar-refractivity contribution in [3.63, 3.8) is 0 Å². The molecule has 0 saturated carbocycles. The molecule has 35 heavy (non-hydrogen) atoms. The van der Waals surface area contributed by atoms with E-state index < -0.39 is 0 Å². The number of hydrogen-bond acceptors (Lipinski definition) is 5. The van der Waals surface area contributed by atoms with Gasteiger partial charge in [-0.15, -0.1) is 0 Å². The minimum Gasteiger partial charge on any atom is -0.450 e. The Morgan fingerprint density at radius 1 is 1.14 bits per heavy atom. The van der Waals surface area contributed by atoms with Gasteiger partial charge in [-0.1, -0.05) is 41.4 Å². The van der Waals surface area contributed by atoms with E-state index in [0.29, 0.717) is 49.4 Å². The van der Waals surface area contributed by atoms with Crippen molar-refractivity contribution in [1.29, 1.82) is 0 Å². The number of anilines is 1. The van der Waals surface area contributed by atoms with E-state index in [0.717, 1.165) is 35.4 Å². The number of amides is 1. The van der Waals surface area contributed by atoms with Gasteiger partial charge < -0.3 is 24.3 Å². The monoisotopic (exact) mass is 518 g/mol. The van der Waals surface area contributed by atoms with Crippen LogP contribution in [0.2, 0.25) is 10.0 Å². The first-order valence-corrected chi connectivity index (χ1v) is 12.9. The lowest BCUT2D eigenvalue weighted by Gasteiger charge is -2.39. The van der Waals surface area contributed by atoms with Gasteiger partial charge in [-0.2, -0.15) is 0 Å². The smallest absolute Gasteiger partial charge is 0.410 e. The normalized spacial score (nSPS) is 18.1. The van der Waals surface area contributed by atoms with Crippen LogP contribution in [-0.4, -0.2) is 59.0 Å². The van der Waals surface area contributed by atoms with Crippen molar-refractivity contribution in [2.75, 3.05) is 31.7 Å². The average Bonchev–Trinajstić information content (AvgIpc) is 3.19. The lowest BCUT2D eigenvalue weighted by atomic mass is 9.92. The summed E-state index contributed by atoms with van der Waals surface area (Å²) in [7, 11) is 0. The number of nitrogens with one attached hydrogen (secondary N) is 1. The predicted octanol–water partition coefficient (Wildman–Crippen LogP) is 6.02. The lowest BCUT2D eigenvalue weighted by molar-refractivity contribution is 0.0745. The van der Waals surface area contributed by atoms with Crippen molar-refractivity contribution >= 4 is 46.3 Å². The molecule has 188 valence electrons. The third kappa shape index (κ3) is 6.21. The molecule has 1 aliphatic rings. The maximum absolute atomic E-state index is 12.7. The van der Waals surface area contributed by atoms with Crippen LogP contribution in [0.25, 0.3) is 11.0 Å². The molecule has 7 nitrogen and oxygen atoms in total. The van der Waals surface area contributed by atoms with Crippen LogP contribution >= 0.6 is 23.2 Å². The fourth-order valence-electron chi connectivity index (χ4n) is 4.66. The van der Waals surface area contributed by atoms with E-state index in [1.165, 1.54) is 0 Å². The van der Waals surface area contributed by atoms with Gasteiger partial charge in [-0.25, -0.2) is 9.78 Å². The zero-order valence-corrected chi connectivity index (χ0v) is 21.7. The molecule has 1 amide bonds. The molecule has 0 unspecified atom stereocenters. The Kier molecular flexibility index (Phi) is 8.76. The number of halogens is 2. The van der Waals surface area contributed by atoms with Crippen molar-refractivity contribution in [2.45, 2.75) is 51.7 Å². The fraction of sp³-hybridized carbons (Fsp3) is 0.462. The summed E-state index contributed by atoms with van der Waals surface area (Å²) in [6.45, 7) is 6.78. The van der Waals surface area contributed by atoms with Crippen LogP contribution in [0.15, 0.2) is 42.5 Å². The van der Waals surface area contributed by atoms with Crippen LogP contribution in [0, 0.1) is 0 Å². The van der Waals surface area contributed by atoms with E-state index in [9.17, 15) is 4.79 Å². The average molecular weight is 519 g/mol. The van der Waals surface area contributed by atoms with Crippen molar-refractivity contribution < 1.29 is 14.3 Å². The third-order valence-corrected chi connectivity index (χ3v) is 7.06. The molecule has 2 atom stereocenters. The van der Waals surface area contributed by atoms with Gasteiger partial charge in [-0.3, -0.25) is 0 Å². The SMILES string of the molecule is CCOCCn1c(N[C@H]2CCN(C(=O)OCC)[C@@H](Cc3ccc(Cl)c(Cl)c3)C2)nc2ccccc21. The van der Waals surface area contributed by atoms with E-state index in [-0.39, 0.29) is 18.2 Å². The van der Waals surface area contributed by atoms with Crippen LogP contribution in [-0.2, 0) is 22.4 Å². The summed E-state index contributed by atoms with van der Waals surface area (Å²) in [4.78, 5) is 19.4. The standard InChI is InChI=1S/C26H32Cl2N4O3/c1-3-34-14-13-32-24-8-6-5-7-23(24)30-25(32)29-19-11-12-31(26(33)35-4-2)20(17-19)15-18-9-10-21(27)22(28)16-18/h5-10,16,19-20H,3-4,11-15,17H2,1-2H3,(H,29,30)/t19-,20-/m0/s1. The van der Waals surface area contributed by atoms with Gasteiger partial charge in [0.1, 0.15) is 0 Å². The summed E-state index contributed by atoms with van der Waals surface area (Å²) in [5, 5.41) is 4.70. The molecule has 1 fully saturated rings. The largest absolute Gasteiger partial charge is 0.450 e. The number of ether oxygens (including phenoxy) is 2. The zero-order chi connectivity index (χ0) is 24.8. The van der Waals surface area contributed by atoms with Gasteiger partial charge in [-0.05, 0) is 62.9 Å². The topological polar surface area (TPSA) is 68.6 Å². The molecule has 2 heterocycles. The number of rotatable bonds is 9. The quantitative estimate of drug-likeness (QED) is 0.350. The van der Waals surface area contributed by atoms with Crippen LogP contribution in [0.3, 0.4) is 0 Å². The minimum absolute atomic E-state index is 0.0428. The Labute approximate surface area is 216 Å². The zero-order valence-electron chi connectivity index (χ0n) is 20.2. The highest BCUT2D eigenvalue weighted by molar-refractivity contribution is 6.42. The van der Waals surface area contributed by atoms with Crippen LogP contribution in [0.4, 0.5) is 10.7 Å². The highest BCUT2D eigenvalue weighted by atomic mass is 35.5. The predicted molar refractivity (Wildman–Crippen MR) is 141 cm³/mol. The number of likely N-dealkylation sites (tertiary alicyclic amines) is 1. The van der Waals surface area contributed by atoms with Gasteiger partial charge in [0.15, 0.2) is 0 Å². The van der Waals surface area contributed by atoms with Crippen molar-refractivity contribution in [1.82, 2.24) is 14.5 Å². The number of benzene rings is 2. The van der Waals surface area contributed by atoms with Crippen molar-refractivity contribution in [2.24, 2.45) is 0 Å². The minimum atomic E-state index is -0.278. The summed E-state index contributed by atoms with van der Waals surface area (Å²) in [5.74, 6) is 0.828. The van der Waals surface area contributed by atoms with E-state index in [4.69, 9.17) is 37.7 Å². The number of imidazole rings is 1. The Balaban J connectivity index is 1.54. The summed E-state index contributed by atoms with van der Waals surface area (Å²) < 4.78 is 13.1. The highest BCUT2D eigenvalue weighted by Gasteiger charge is 2.33. The highest BCUT2D eigenvalue weighted by Crippen LogP contribution is 2.29. The van der Waals surface area contributed by atoms with Gasteiger partial charge in [0.05, 0.1) is 34.3 Å². The number of para-hydroxylation sites is 2. The molecule has 0 aliphatic carbocycles. The molecule has 1 aromatic heterocycles. The molecule has 1 saturated heterocycles. The van der Waals surface area contributed by atoms with E-state index in [1.807, 2.05) is 49.1 Å². The molecule has 9 heteroatoms. The van der Waals surface area contributed by atoms with E-state index in [1.54, 1.807) is 6.07 Å². The Hall–Kier alpha value is -2.48. The van der Waals surface area contributed by atoms with Crippen LogP contribution < -0.4 is 5.32 Å². The molecule has 0 bridgehead atoms. The molecular formula is C26H32Cl2N4O3. The molecule has 1 N–H and O–H groups in total. The lowest BCUT2D eigenvalue weighted by Crippen LogP contribution is -2.50. The molecule has 0 spiro atoms. The number of fused-ring (bicyclic) bond motifs is 1. The second-order valence-electron chi connectivity index (χ2n) is 8.64. The molecular weight excluding hydrogens is 487 g/mol. The van der Waals surface area contributed by atoms with E-state index in [2.05, 4.69) is 16.0 Å².